The van der Waals surface area contributed by atoms with E-state index in [1.54, 1.807) is 0 Å². The highest BCUT2D eigenvalue weighted by atomic mass is 32.1. The first-order valence-electron chi connectivity index (χ1n) is 11.8. The van der Waals surface area contributed by atoms with Crippen molar-refractivity contribution in [2.75, 3.05) is 0 Å². The van der Waals surface area contributed by atoms with E-state index in [1.165, 1.54) is 25.7 Å². The predicted octanol–water partition coefficient (Wildman–Crippen LogP) is 9.56. The van der Waals surface area contributed by atoms with E-state index in [2.05, 4.69) is 120 Å². The minimum absolute atomic E-state index is 0.940. The largest absolute Gasteiger partial charge is 0.453 e. The Hall–Kier alpha value is -4.34. The summed E-state index contributed by atoms with van der Waals surface area (Å²) >= 11 is 1.86. The number of rotatable bonds is 2. The van der Waals surface area contributed by atoms with E-state index in [-0.39, 0.29) is 0 Å². The van der Waals surface area contributed by atoms with Crippen LogP contribution < -0.4 is 0 Å². The fourth-order valence-electron chi connectivity index (χ4n) is 5.51. The van der Waals surface area contributed by atoms with Crippen LogP contribution in [0.4, 0.5) is 0 Å². The van der Waals surface area contributed by atoms with Gasteiger partial charge in [0.05, 0.1) is 5.52 Å². The number of hydrogen-bond acceptors (Lipinski definition) is 2. The molecule has 8 rings (SSSR count). The number of benzene rings is 5. The lowest BCUT2D eigenvalue weighted by atomic mass is 10.0. The highest BCUT2D eigenvalue weighted by Crippen LogP contribution is 2.45. The lowest BCUT2D eigenvalue weighted by molar-refractivity contribution is 0.674. The van der Waals surface area contributed by atoms with Crippen LogP contribution in [0.5, 0.6) is 0 Å². The van der Waals surface area contributed by atoms with Gasteiger partial charge in [-0.15, -0.1) is 11.3 Å². The number of nitrogens with zero attached hydrogens (tertiary/aromatic N) is 1. The number of aromatic nitrogens is 1. The van der Waals surface area contributed by atoms with Crippen molar-refractivity contribution in [2.24, 2.45) is 0 Å². The Morgan fingerprint density at radius 1 is 0.514 bits per heavy atom. The van der Waals surface area contributed by atoms with Gasteiger partial charge in [0.25, 0.3) is 0 Å². The second-order valence-electron chi connectivity index (χ2n) is 8.93. The molecule has 3 aromatic heterocycles. The lowest BCUT2D eigenvalue weighted by Crippen LogP contribution is -1.92. The number of fused-ring (bicyclic) bond motifs is 8. The molecule has 2 nitrogen and oxygen atoms in total. The molecular formula is C32H19NOS. The van der Waals surface area contributed by atoms with Gasteiger partial charge in [-0.25, -0.2) is 0 Å². The first-order valence-corrected chi connectivity index (χ1v) is 12.6. The molecule has 0 unspecified atom stereocenters. The minimum atomic E-state index is 0.940. The first kappa shape index (κ1) is 19.0. The molecule has 0 atom stereocenters. The monoisotopic (exact) mass is 465 g/mol. The van der Waals surface area contributed by atoms with E-state index >= 15 is 0 Å². The molecule has 0 fully saturated rings. The van der Waals surface area contributed by atoms with Gasteiger partial charge in [-0.05, 0) is 36.4 Å². The van der Waals surface area contributed by atoms with Gasteiger partial charge in [0.1, 0.15) is 11.1 Å². The molecule has 35 heavy (non-hydrogen) atoms. The summed E-state index contributed by atoms with van der Waals surface area (Å²) in [6.07, 6.45) is 0. The Labute approximate surface area is 205 Å². The number of furan rings is 1. The maximum absolute atomic E-state index is 6.76. The van der Waals surface area contributed by atoms with Crippen molar-refractivity contribution in [1.82, 2.24) is 4.57 Å². The molecule has 3 heteroatoms. The summed E-state index contributed by atoms with van der Waals surface area (Å²) in [4.78, 5) is 0. The molecule has 0 aliphatic carbocycles. The Kier molecular flexibility index (Phi) is 3.85. The van der Waals surface area contributed by atoms with Crippen LogP contribution in [0, 0.1) is 0 Å². The van der Waals surface area contributed by atoms with Crippen LogP contribution in [0.3, 0.4) is 0 Å². The standard InChI is InChI=1S/C32H19NOS/c1-2-10-20(11-3-1)33-27-18-6-4-13-25(27)31-29(33)26-17-8-14-22(30(26)34-31)24-16-9-15-23-21-12-5-7-19-28(21)35-32(23)24/h1-19H. The minimum Gasteiger partial charge on any atom is -0.453 e. The van der Waals surface area contributed by atoms with Crippen molar-refractivity contribution < 1.29 is 4.42 Å². The third-order valence-corrected chi connectivity index (χ3v) is 8.23. The molecule has 8 aromatic rings. The third kappa shape index (κ3) is 2.59. The van der Waals surface area contributed by atoms with E-state index in [1.807, 2.05) is 11.3 Å². The smallest absolute Gasteiger partial charge is 0.161 e. The van der Waals surface area contributed by atoms with Crippen molar-refractivity contribution in [3.8, 4) is 16.8 Å². The Balaban J connectivity index is 1.51. The number of thiophene rings is 1. The quantitative estimate of drug-likeness (QED) is 0.248. The summed E-state index contributed by atoms with van der Waals surface area (Å²) in [5, 5.41) is 4.88. The molecule has 0 radical (unpaired) electrons. The van der Waals surface area contributed by atoms with Gasteiger partial charge >= 0.3 is 0 Å². The topological polar surface area (TPSA) is 18.1 Å². The van der Waals surface area contributed by atoms with Crippen LogP contribution in [0.2, 0.25) is 0 Å². The maximum atomic E-state index is 6.76. The molecular weight excluding hydrogens is 446 g/mol. The van der Waals surface area contributed by atoms with Gasteiger partial charge in [-0.2, -0.15) is 0 Å². The second-order valence-corrected chi connectivity index (χ2v) is 9.98. The summed E-state index contributed by atoms with van der Waals surface area (Å²) in [6.45, 7) is 0. The normalized spacial score (nSPS) is 12.0. The molecule has 0 aliphatic rings. The van der Waals surface area contributed by atoms with Crippen LogP contribution in [0.1, 0.15) is 0 Å². The third-order valence-electron chi connectivity index (χ3n) is 7.01. The van der Waals surface area contributed by atoms with Gasteiger partial charge in [0.2, 0.25) is 0 Å². The number of para-hydroxylation sites is 3. The highest BCUT2D eigenvalue weighted by molar-refractivity contribution is 7.26. The van der Waals surface area contributed by atoms with Crippen molar-refractivity contribution in [3.63, 3.8) is 0 Å². The molecule has 3 heterocycles. The van der Waals surface area contributed by atoms with Gasteiger partial charge < -0.3 is 8.98 Å². The molecule has 0 amide bonds. The molecule has 164 valence electrons. The molecule has 0 N–H and O–H groups in total. The van der Waals surface area contributed by atoms with Crippen LogP contribution in [-0.4, -0.2) is 4.57 Å². The number of hydrogen-bond donors (Lipinski definition) is 0. The fourth-order valence-corrected chi connectivity index (χ4v) is 6.74. The SMILES string of the molecule is c1ccc(-n2c3ccccc3c3oc4c(-c5cccc6c5sc5ccccc56)cccc4c32)cc1. The molecule has 0 spiro atoms. The average Bonchev–Trinajstić information content (AvgIpc) is 3.58. The first-order chi connectivity index (χ1) is 17.4. The lowest BCUT2D eigenvalue weighted by Gasteiger charge is -2.08. The fraction of sp³-hybridized carbons (Fsp3) is 0. The van der Waals surface area contributed by atoms with Crippen molar-refractivity contribution in [1.29, 1.82) is 0 Å². The van der Waals surface area contributed by atoms with Gasteiger partial charge in [-0.3, -0.25) is 0 Å². The van der Waals surface area contributed by atoms with Gasteiger partial charge in [-0.1, -0.05) is 78.9 Å². The van der Waals surface area contributed by atoms with Gasteiger partial charge in [0.15, 0.2) is 5.58 Å². The second kappa shape index (κ2) is 7.08. The van der Waals surface area contributed by atoms with Gasteiger partial charge in [0, 0.05) is 47.8 Å². The zero-order valence-electron chi connectivity index (χ0n) is 18.7. The highest BCUT2D eigenvalue weighted by Gasteiger charge is 2.22. The van der Waals surface area contributed by atoms with Crippen LogP contribution in [-0.2, 0) is 0 Å². The van der Waals surface area contributed by atoms with Crippen molar-refractivity contribution >= 4 is 64.5 Å². The Morgan fingerprint density at radius 3 is 2.09 bits per heavy atom. The Morgan fingerprint density at radius 2 is 1.20 bits per heavy atom. The van der Waals surface area contributed by atoms with Crippen LogP contribution in [0.15, 0.2) is 120 Å². The predicted molar refractivity (Wildman–Crippen MR) is 149 cm³/mol. The van der Waals surface area contributed by atoms with E-state index < -0.39 is 0 Å². The van der Waals surface area contributed by atoms with Crippen LogP contribution >= 0.6 is 11.3 Å². The van der Waals surface area contributed by atoms with Crippen LogP contribution in [0.25, 0.3) is 70.0 Å². The molecule has 5 aromatic carbocycles. The van der Waals surface area contributed by atoms with E-state index in [9.17, 15) is 0 Å². The summed E-state index contributed by atoms with van der Waals surface area (Å²) < 4.78 is 11.7. The van der Waals surface area contributed by atoms with E-state index in [0.29, 0.717) is 0 Å². The zero-order chi connectivity index (χ0) is 22.9. The Bertz CT molecular complexity index is 2060. The average molecular weight is 466 g/mol. The molecule has 0 saturated heterocycles. The molecule has 0 aliphatic heterocycles. The van der Waals surface area contributed by atoms with E-state index in [0.717, 1.165) is 44.2 Å². The summed E-state index contributed by atoms with van der Waals surface area (Å²) in [5.41, 5.74) is 7.66. The summed E-state index contributed by atoms with van der Waals surface area (Å²) in [7, 11) is 0. The van der Waals surface area contributed by atoms with Crippen molar-refractivity contribution in [2.45, 2.75) is 0 Å². The maximum Gasteiger partial charge on any atom is 0.161 e. The molecule has 0 bridgehead atoms. The summed E-state index contributed by atoms with van der Waals surface area (Å²) in [5.74, 6) is 0. The summed E-state index contributed by atoms with van der Waals surface area (Å²) in [6, 6.07) is 40.9. The van der Waals surface area contributed by atoms with Crippen molar-refractivity contribution in [3.05, 3.63) is 115 Å². The van der Waals surface area contributed by atoms with E-state index in [4.69, 9.17) is 4.42 Å². The zero-order valence-corrected chi connectivity index (χ0v) is 19.5. The molecule has 0 saturated carbocycles.